The van der Waals surface area contributed by atoms with Crippen LogP contribution in [0.15, 0.2) is 0 Å². The van der Waals surface area contributed by atoms with Crippen LogP contribution in [0, 0.1) is 0 Å². The molecule has 5 heteroatoms. The molecule has 1 heterocycles. The first-order valence-corrected chi connectivity index (χ1v) is 3.42. The van der Waals surface area contributed by atoms with Crippen molar-refractivity contribution in [2.24, 2.45) is 0 Å². The SMILES string of the molecule is O=C1C[C@H](NCCO)C(=O)N1. The van der Waals surface area contributed by atoms with Gasteiger partial charge in [0, 0.05) is 6.54 Å². The van der Waals surface area contributed by atoms with E-state index >= 15 is 0 Å². The van der Waals surface area contributed by atoms with E-state index in [0.717, 1.165) is 0 Å². The molecular formula is C6H10N2O3. The van der Waals surface area contributed by atoms with Gasteiger partial charge < -0.3 is 10.4 Å². The van der Waals surface area contributed by atoms with Crippen molar-refractivity contribution in [2.45, 2.75) is 12.5 Å². The molecule has 1 rings (SSSR count). The van der Waals surface area contributed by atoms with Gasteiger partial charge in [0.2, 0.25) is 11.8 Å². The van der Waals surface area contributed by atoms with Gasteiger partial charge in [0.15, 0.2) is 0 Å². The second kappa shape index (κ2) is 3.45. The van der Waals surface area contributed by atoms with Crippen LogP contribution in [0.25, 0.3) is 0 Å². The number of imide groups is 1. The molecule has 0 spiro atoms. The lowest BCUT2D eigenvalue weighted by Crippen LogP contribution is -2.37. The highest BCUT2D eigenvalue weighted by molar-refractivity contribution is 6.05. The van der Waals surface area contributed by atoms with Crippen molar-refractivity contribution in [1.82, 2.24) is 10.6 Å². The molecule has 3 N–H and O–H groups in total. The topological polar surface area (TPSA) is 78.4 Å². The van der Waals surface area contributed by atoms with E-state index < -0.39 is 6.04 Å². The van der Waals surface area contributed by atoms with Gasteiger partial charge >= 0.3 is 0 Å². The average molecular weight is 158 g/mol. The van der Waals surface area contributed by atoms with Crippen LogP contribution >= 0.6 is 0 Å². The van der Waals surface area contributed by atoms with E-state index in [1.54, 1.807) is 0 Å². The molecule has 5 nitrogen and oxygen atoms in total. The summed E-state index contributed by atoms with van der Waals surface area (Å²) >= 11 is 0. The Morgan fingerprint density at radius 1 is 1.64 bits per heavy atom. The molecule has 0 aromatic rings. The Labute approximate surface area is 63.8 Å². The first-order chi connectivity index (χ1) is 5.24. The standard InChI is InChI=1S/C6H10N2O3/c9-2-1-7-4-3-5(10)8-6(4)11/h4,7,9H,1-3H2,(H,8,10,11)/t4-/m0/s1. The van der Waals surface area contributed by atoms with E-state index in [-0.39, 0.29) is 24.8 Å². The summed E-state index contributed by atoms with van der Waals surface area (Å²) in [5, 5.41) is 13.3. The molecule has 0 bridgehead atoms. The van der Waals surface area contributed by atoms with Gasteiger partial charge in [0.1, 0.15) is 0 Å². The third-order valence-electron chi connectivity index (χ3n) is 1.47. The largest absolute Gasteiger partial charge is 0.395 e. The first kappa shape index (κ1) is 8.16. The monoisotopic (exact) mass is 158 g/mol. The zero-order chi connectivity index (χ0) is 8.27. The smallest absolute Gasteiger partial charge is 0.244 e. The molecule has 0 aliphatic carbocycles. The maximum absolute atomic E-state index is 10.8. The quantitative estimate of drug-likeness (QED) is 0.414. The number of nitrogens with one attached hydrogen (secondary N) is 2. The third kappa shape index (κ3) is 1.99. The molecule has 2 amide bonds. The van der Waals surface area contributed by atoms with Gasteiger partial charge in [-0.15, -0.1) is 0 Å². The molecule has 0 radical (unpaired) electrons. The van der Waals surface area contributed by atoms with E-state index in [1.165, 1.54) is 0 Å². The van der Waals surface area contributed by atoms with Gasteiger partial charge in [0.25, 0.3) is 0 Å². The summed E-state index contributed by atoms with van der Waals surface area (Å²) in [7, 11) is 0. The van der Waals surface area contributed by atoms with Crippen molar-refractivity contribution in [3.8, 4) is 0 Å². The summed E-state index contributed by atoms with van der Waals surface area (Å²) in [6.45, 7) is 0.309. The van der Waals surface area contributed by atoms with E-state index in [0.29, 0.717) is 6.54 Å². The second-order valence-electron chi connectivity index (χ2n) is 2.35. The van der Waals surface area contributed by atoms with Crippen LogP contribution in [-0.4, -0.2) is 36.1 Å². The molecule has 0 aromatic heterocycles. The van der Waals surface area contributed by atoms with E-state index in [2.05, 4.69) is 10.6 Å². The number of carbonyl (C=O) groups excluding carboxylic acids is 2. The lowest BCUT2D eigenvalue weighted by molar-refractivity contribution is -0.125. The van der Waals surface area contributed by atoms with Crippen molar-refractivity contribution in [3.05, 3.63) is 0 Å². The summed E-state index contributed by atoms with van der Waals surface area (Å²) in [5.74, 6) is -0.561. The molecule has 0 unspecified atom stereocenters. The van der Waals surface area contributed by atoms with Crippen LogP contribution in [0.4, 0.5) is 0 Å². The highest BCUT2D eigenvalue weighted by Gasteiger charge is 2.29. The molecule has 1 atom stereocenters. The number of hydrogen-bond acceptors (Lipinski definition) is 4. The van der Waals surface area contributed by atoms with Crippen molar-refractivity contribution in [1.29, 1.82) is 0 Å². The second-order valence-corrected chi connectivity index (χ2v) is 2.35. The molecule has 1 saturated heterocycles. The fourth-order valence-electron chi connectivity index (χ4n) is 0.957. The Morgan fingerprint density at radius 2 is 2.36 bits per heavy atom. The minimum atomic E-state index is -0.449. The maximum Gasteiger partial charge on any atom is 0.244 e. The summed E-state index contributed by atoms with van der Waals surface area (Å²) in [6.07, 6.45) is 0.179. The molecule has 1 fully saturated rings. The van der Waals surface area contributed by atoms with E-state index in [4.69, 9.17) is 5.11 Å². The van der Waals surface area contributed by atoms with Crippen LogP contribution in [0.1, 0.15) is 6.42 Å². The number of hydrogen-bond donors (Lipinski definition) is 3. The highest BCUT2D eigenvalue weighted by atomic mass is 16.3. The molecule has 1 aliphatic rings. The van der Waals surface area contributed by atoms with Crippen LogP contribution in [-0.2, 0) is 9.59 Å². The normalized spacial score (nSPS) is 23.9. The van der Waals surface area contributed by atoms with Crippen LogP contribution in [0.5, 0.6) is 0 Å². The zero-order valence-corrected chi connectivity index (χ0v) is 5.96. The fraction of sp³-hybridized carbons (Fsp3) is 0.667. The fourth-order valence-corrected chi connectivity index (χ4v) is 0.957. The van der Waals surface area contributed by atoms with Crippen molar-refractivity contribution >= 4 is 11.8 Å². The minimum absolute atomic E-state index is 0.0298. The Morgan fingerprint density at radius 3 is 2.82 bits per heavy atom. The van der Waals surface area contributed by atoms with Gasteiger partial charge in [-0.05, 0) is 0 Å². The molecule has 0 saturated carbocycles. The van der Waals surface area contributed by atoms with Gasteiger partial charge in [-0.3, -0.25) is 14.9 Å². The molecule has 11 heavy (non-hydrogen) atoms. The van der Waals surface area contributed by atoms with Crippen LogP contribution in [0.2, 0.25) is 0 Å². The number of aliphatic hydroxyl groups is 1. The number of amides is 2. The minimum Gasteiger partial charge on any atom is -0.395 e. The number of aliphatic hydroxyl groups excluding tert-OH is 1. The van der Waals surface area contributed by atoms with Gasteiger partial charge in [-0.1, -0.05) is 0 Å². The van der Waals surface area contributed by atoms with Gasteiger partial charge in [0.05, 0.1) is 19.1 Å². The summed E-state index contributed by atoms with van der Waals surface area (Å²) < 4.78 is 0. The lowest BCUT2D eigenvalue weighted by atomic mass is 10.2. The number of rotatable bonds is 3. The predicted octanol–water partition coefficient (Wildman–Crippen LogP) is -2.02. The molecule has 0 aromatic carbocycles. The van der Waals surface area contributed by atoms with Crippen molar-refractivity contribution in [3.63, 3.8) is 0 Å². The molecule has 62 valence electrons. The Hall–Kier alpha value is -0.940. The zero-order valence-electron chi connectivity index (χ0n) is 5.96. The number of carbonyl (C=O) groups is 2. The summed E-state index contributed by atoms with van der Waals surface area (Å²) in [4.78, 5) is 21.4. The summed E-state index contributed by atoms with van der Waals surface area (Å²) in [5.41, 5.74) is 0. The third-order valence-corrected chi connectivity index (χ3v) is 1.47. The van der Waals surface area contributed by atoms with Gasteiger partial charge in [-0.25, -0.2) is 0 Å². The lowest BCUT2D eigenvalue weighted by Gasteiger charge is -2.05. The summed E-state index contributed by atoms with van der Waals surface area (Å²) in [6, 6.07) is -0.449. The van der Waals surface area contributed by atoms with Crippen molar-refractivity contribution in [2.75, 3.05) is 13.2 Å². The molecule has 1 aliphatic heterocycles. The maximum atomic E-state index is 10.8. The first-order valence-electron chi connectivity index (χ1n) is 3.42. The van der Waals surface area contributed by atoms with E-state index in [1.807, 2.05) is 0 Å². The van der Waals surface area contributed by atoms with Crippen LogP contribution in [0.3, 0.4) is 0 Å². The van der Waals surface area contributed by atoms with Crippen molar-refractivity contribution < 1.29 is 14.7 Å². The molecular weight excluding hydrogens is 148 g/mol. The van der Waals surface area contributed by atoms with Crippen LogP contribution < -0.4 is 10.6 Å². The van der Waals surface area contributed by atoms with E-state index in [9.17, 15) is 9.59 Å². The van der Waals surface area contributed by atoms with Gasteiger partial charge in [-0.2, -0.15) is 0 Å². The Bertz CT molecular complexity index is 181. The Kier molecular flexibility index (Phi) is 2.56. The average Bonchev–Trinajstić information content (AvgIpc) is 2.26. The highest BCUT2D eigenvalue weighted by Crippen LogP contribution is 1.99. The Balaban J connectivity index is 2.34. The predicted molar refractivity (Wildman–Crippen MR) is 36.6 cm³/mol.